The second-order valence-corrected chi connectivity index (χ2v) is 6.98. The van der Waals surface area contributed by atoms with E-state index < -0.39 is 0 Å². The molecule has 0 saturated heterocycles. The van der Waals surface area contributed by atoms with E-state index in [2.05, 4.69) is 46.4 Å². The van der Waals surface area contributed by atoms with Gasteiger partial charge in [0.1, 0.15) is 11.4 Å². The largest absolute Gasteiger partial charge is 0.497 e. The number of carbonyl (C=O) groups excluding carboxylic acids is 1. The number of benzene rings is 2. The molecule has 28 heavy (non-hydrogen) atoms. The molecule has 0 fully saturated rings. The van der Waals surface area contributed by atoms with Crippen molar-refractivity contribution < 1.29 is 9.53 Å². The van der Waals surface area contributed by atoms with Crippen LogP contribution < -0.4 is 15.0 Å². The van der Waals surface area contributed by atoms with E-state index in [4.69, 9.17) is 4.74 Å². The third-order valence-electron chi connectivity index (χ3n) is 5.08. The molecule has 0 spiro atoms. The van der Waals surface area contributed by atoms with Crippen molar-refractivity contribution in [2.45, 2.75) is 25.9 Å². The molecule has 1 unspecified atom stereocenters. The van der Waals surface area contributed by atoms with Crippen LogP contribution in [0.4, 0.5) is 11.4 Å². The minimum absolute atomic E-state index is 0.183. The molecule has 0 bridgehead atoms. The molecule has 1 N–H and O–H groups in total. The van der Waals surface area contributed by atoms with Crippen molar-refractivity contribution in [2.24, 2.45) is 0 Å². The van der Waals surface area contributed by atoms with Gasteiger partial charge in [0, 0.05) is 18.3 Å². The van der Waals surface area contributed by atoms with Crippen LogP contribution in [0.2, 0.25) is 0 Å². The lowest BCUT2D eigenvalue weighted by Crippen LogP contribution is -2.25. The van der Waals surface area contributed by atoms with Crippen molar-refractivity contribution in [3.63, 3.8) is 0 Å². The molecular formula is C23H23N3O2. The van der Waals surface area contributed by atoms with Crippen molar-refractivity contribution in [1.82, 2.24) is 10.3 Å². The van der Waals surface area contributed by atoms with Gasteiger partial charge in [-0.3, -0.25) is 4.79 Å². The van der Waals surface area contributed by atoms with Gasteiger partial charge in [-0.15, -0.1) is 0 Å². The Morgan fingerprint density at radius 2 is 1.93 bits per heavy atom. The normalized spacial score (nSPS) is 15.2. The molecule has 2 heterocycles. The van der Waals surface area contributed by atoms with Crippen LogP contribution in [0.1, 0.15) is 28.5 Å². The Bertz CT molecular complexity index is 968. The predicted molar refractivity (Wildman–Crippen MR) is 110 cm³/mol. The molecule has 0 aliphatic carbocycles. The number of rotatable bonds is 5. The molecule has 142 valence electrons. The van der Waals surface area contributed by atoms with Gasteiger partial charge in [-0.05, 0) is 54.8 Å². The highest BCUT2D eigenvalue weighted by molar-refractivity contribution is 5.92. The Balaban J connectivity index is 1.43. The second-order valence-electron chi connectivity index (χ2n) is 6.98. The van der Waals surface area contributed by atoms with E-state index >= 15 is 0 Å². The molecule has 0 radical (unpaired) electrons. The lowest BCUT2D eigenvalue weighted by molar-refractivity contribution is 0.0946. The smallest absolute Gasteiger partial charge is 0.270 e. The van der Waals surface area contributed by atoms with E-state index in [0.29, 0.717) is 18.3 Å². The Kier molecular flexibility index (Phi) is 4.98. The molecule has 1 aliphatic heterocycles. The van der Waals surface area contributed by atoms with Gasteiger partial charge in [0.2, 0.25) is 0 Å². The van der Waals surface area contributed by atoms with Gasteiger partial charge in [-0.25, -0.2) is 4.98 Å². The van der Waals surface area contributed by atoms with Crippen LogP contribution in [0.3, 0.4) is 0 Å². The molecule has 5 heteroatoms. The van der Waals surface area contributed by atoms with E-state index in [1.165, 1.54) is 11.3 Å². The highest BCUT2D eigenvalue weighted by atomic mass is 16.5. The summed E-state index contributed by atoms with van der Waals surface area (Å²) in [4.78, 5) is 19.1. The van der Waals surface area contributed by atoms with Gasteiger partial charge in [-0.2, -0.15) is 0 Å². The summed E-state index contributed by atoms with van der Waals surface area (Å²) in [5, 5.41) is 2.91. The van der Waals surface area contributed by atoms with E-state index in [9.17, 15) is 4.79 Å². The van der Waals surface area contributed by atoms with Gasteiger partial charge < -0.3 is 15.0 Å². The van der Waals surface area contributed by atoms with Crippen LogP contribution in [0.15, 0.2) is 66.9 Å². The number of carbonyl (C=O) groups is 1. The average Bonchev–Trinajstić information content (AvgIpc) is 3.08. The molecule has 1 aliphatic rings. The van der Waals surface area contributed by atoms with Crippen molar-refractivity contribution in [2.75, 3.05) is 12.0 Å². The lowest BCUT2D eigenvalue weighted by Gasteiger charge is -2.24. The second kappa shape index (κ2) is 7.72. The molecule has 1 atom stereocenters. The number of hydrogen-bond acceptors (Lipinski definition) is 4. The number of fused-ring (bicyclic) bond motifs is 1. The highest BCUT2D eigenvalue weighted by Gasteiger charge is 2.27. The average molecular weight is 373 g/mol. The molecule has 0 saturated carbocycles. The number of anilines is 2. The molecule has 5 nitrogen and oxygen atoms in total. The summed E-state index contributed by atoms with van der Waals surface area (Å²) in [5.74, 6) is 0.613. The minimum Gasteiger partial charge on any atom is -0.497 e. The van der Waals surface area contributed by atoms with Crippen LogP contribution in [0.25, 0.3) is 0 Å². The number of pyridine rings is 1. The summed E-state index contributed by atoms with van der Waals surface area (Å²) in [7, 11) is 1.63. The first kappa shape index (κ1) is 18.0. The number of hydrogen-bond donors (Lipinski definition) is 1. The maximum Gasteiger partial charge on any atom is 0.270 e. The monoisotopic (exact) mass is 373 g/mol. The van der Waals surface area contributed by atoms with Crippen molar-refractivity contribution in [3.05, 3.63) is 83.7 Å². The number of nitrogens with zero attached hydrogens (tertiary/aromatic N) is 2. The maximum absolute atomic E-state index is 12.4. The van der Waals surface area contributed by atoms with Gasteiger partial charge in [0.05, 0.1) is 19.0 Å². The third kappa shape index (κ3) is 3.56. The first-order valence-electron chi connectivity index (χ1n) is 9.40. The molecule has 3 aromatic rings. The summed E-state index contributed by atoms with van der Waals surface area (Å²) in [6, 6.07) is 20.2. The van der Waals surface area contributed by atoms with Gasteiger partial charge in [-0.1, -0.05) is 30.3 Å². The molecule has 4 rings (SSSR count). The summed E-state index contributed by atoms with van der Waals surface area (Å²) in [5.41, 5.74) is 4.99. The van der Waals surface area contributed by atoms with Crippen LogP contribution in [0.5, 0.6) is 5.75 Å². The summed E-state index contributed by atoms with van der Waals surface area (Å²) < 4.78 is 5.15. The maximum atomic E-state index is 12.4. The number of para-hydroxylation sites is 1. The van der Waals surface area contributed by atoms with Crippen LogP contribution >= 0.6 is 0 Å². The first-order chi connectivity index (χ1) is 13.7. The number of amides is 1. The van der Waals surface area contributed by atoms with Crippen molar-refractivity contribution in [3.8, 4) is 5.75 Å². The fourth-order valence-corrected chi connectivity index (χ4v) is 3.64. The topological polar surface area (TPSA) is 54.5 Å². The Hall–Kier alpha value is -3.34. The van der Waals surface area contributed by atoms with Gasteiger partial charge in [0.15, 0.2) is 0 Å². The first-order valence-corrected chi connectivity index (χ1v) is 9.40. The zero-order valence-corrected chi connectivity index (χ0v) is 16.1. The van der Waals surface area contributed by atoms with E-state index in [0.717, 1.165) is 23.4 Å². The lowest BCUT2D eigenvalue weighted by atomic mass is 10.1. The van der Waals surface area contributed by atoms with Gasteiger partial charge >= 0.3 is 0 Å². The quantitative estimate of drug-likeness (QED) is 0.731. The molecule has 1 aromatic heterocycles. The molecule has 2 aromatic carbocycles. The zero-order chi connectivity index (χ0) is 19.5. The predicted octanol–water partition coefficient (Wildman–Crippen LogP) is 4.10. The molecule has 1 amide bonds. The van der Waals surface area contributed by atoms with Crippen molar-refractivity contribution in [1.29, 1.82) is 0 Å². The van der Waals surface area contributed by atoms with Crippen molar-refractivity contribution >= 4 is 17.3 Å². The number of aromatic nitrogens is 1. The summed E-state index contributed by atoms with van der Waals surface area (Å²) >= 11 is 0. The number of nitrogens with one attached hydrogen (secondary N) is 1. The van der Waals surface area contributed by atoms with Crippen LogP contribution in [0, 0.1) is 0 Å². The van der Waals surface area contributed by atoms with E-state index in [1.54, 1.807) is 19.4 Å². The Morgan fingerprint density at radius 3 is 2.64 bits per heavy atom. The van der Waals surface area contributed by atoms with E-state index in [1.807, 2.05) is 30.3 Å². The highest BCUT2D eigenvalue weighted by Crippen LogP contribution is 2.37. The van der Waals surface area contributed by atoms with Gasteiger partial charge in [0.25, 0.3) is 5.91 Å². The standard InChI is InChI=1S/C23H23N3O2/c1-16-13-18-5-3-4-6-22(18)26(16)19-9-12-21(24-15-19)23(27)25-14-17-7-10-20(28-2)11-8-17/h3-12,15-16H,13-14H2,1-2H3,(H,25,27). The fourth-order valence-electron chi connectivity index (χ4n) is 3.64. The summed E-state index contributed by atoms with van der Waals surface area (Å²) in [6.45, 7) is 2.65. The molecular weight excluding hydrogens is 350 g/mol. The Morgan fingerprint density at radius 1 is 1.14 bits per heavy atom. The number of ether oxygens (including phenoxy) is 1. The van der Waals surface area contributed by atoms with Crippen LogP contribution in [-0.4, -0.2) is 24.0 Å². The summed E-state index contributed by atoms with van der Waals surface area (Å²) in [6.07, 6.45) is 2.79. The third-order valence-corrected chi connectivity index (χ3v) is 5.08. The fraction of sp³-hybridized carbons (Fsp3) is 0.217. The van der Waals surface area contributed by atoms with E-state index in [-0.39, 0.29) is 5.91 Å². The Labute approximate surface area is 165 Å². The SMILES string of the molecule is COc1ccc(CNC(=O)c2ccc(N3c4ccccc4CC3C)cn2)cc1. The zero-order valence-electron chi connectivity index (χ0n) is 16.1. The number of methoxy groups -OCH3 is 1. The minimum atomic E-state index is -0.183. The van der Waals surface area contributed by atoms with Crippen LogP contribution in [-0.2, 0) is 13.0 Å².